The molecule has 2 saturated carbocycles. The van der Waals surface area contributed by atoms with Crippen molar-refractivity contribution in [3.8, 4) is 41.2 Å². The standard InChI is InChI=1S/C41H47F2N5O4/c1-6-27-29(42)12-11-24-18-26(49)19-28(31(24)27)34-33(43)35-32(37(44-34)51-5)36(48-17-8-13-40(4,50)22-48)46-38(45-35)52-23-41-14-7-10-30(41)47(16-9-15-41)21-25-20-39(25,2)3/h1,11-12,18-19,25,30,49-50H,7-10,13-17,20-23H2,2-5H3/t25-,30-,40-,41-/m1/s1. The molecule has 4 aromatic rings. The van der Waals surface area contributed by atoms with Gasteiger partial charge in [0.2, 0.25) is 5.88 Å². The number of aliphatic hydroxyl groups is 1. The number of phenolic OH excluding ortho intramolecular Hbond substituents is 1. The van der Waals surface area contributed by atoms with E-state index < -0.39 is 17.2 Å². The highest BCUT2D eigenvalue weighted by Gasteiger charge is 2.52. The summed E-state index contributed by atoms with van der Waals surface area (Å²) in [6.45, 7) is 9.92. The van der Waals surface area contributed by atoms with E-state index in [9.17, 15) is 10.2 Å². The summed E-state index contributed by atoms with van der Waals surface area (Å²) in [5, 5.41) is 22.7. The van der Waals surface area contributed by atoms with Crippen LogP contribution in [0.3, 0.4) is 0 Å². The number of aromatic hydroxyl groups is 1. The minimum absolute atomic E-state index is 0.0300. The zero-order valence-corrected chi connectivity index (χ0v) is 30.4. The van der Waals surface area contributed by atoms with Crippen molar-refractivity contribution < 1.29 is 28.5 Å². The molecule has 2 N–H and O–H groups in total. The van der Waals surface area contributed by atoms with Crippen LogP contribution in [0.25, 0.3) is 32.9 Å². The second-order valence-corrected chi connectivity index (χ2v) is 16.6. The Bertz CT molecular complexity index is 2120. The van der Waals surface area contributed by atoms with Gasteiger partial charge in [0.05, 0.1) is 24.9 Å². The maximum absolute atomic E-state index is 17.2. The summed E-state index contributed by atoms with van der Waals surface area (Å²) >= 11 is 0. The topological polar surface area (TPSA) is 104 Å². The van der Waals surface area contributed by atoms with Gasteiger partial charge in [-0.2, -0.15) is 9.97 Å². The number of β-amino-alcohol motifs (C(OH)–C–C–N with tert-alkyl or cyclic N) is 1. The number of benzene rings is 2. The number of methoxy groups -OCH3 is 1. The molecular formula is C41H47F2N5O4. The molecule has 0 amide bonds. The molecule has 4 aliphatic rings. The van der Waals surface area contributed by atoms with Crippen LogP contribution in [0.1, 0.15) is 77.7 Å². The summed E-state index contributed by atoms with van der Waals surface area (Å²) in [5.74, 6) is 1.86. The lowest BCUT2D eigenvalue weighted by molar-refractivity contribution is -0.00387. The molecular weight excluding hydrogens is 664 g/mol. The Labute approximate surface area is 303 Å². The number of likely N-dealkylation sites (tertiary alicyclic amines) is 1. The predicted octanol–water partition coefficient (Wildman–Crippen LogP) is 7.23. The Morgan fingerprint density at radius 1 is 1.02 bits per heavy atom. The highest BCUT2D eigenvalue weighted by atomic mass is 19.1. The van der Waals surface area contributed by atoms with Gasteiger partial charge in [-0.3, -0.25) is 4.90 Å². The molecule has 8 rings (SSSR count). The molecule has 52 heavy (non-hydrogen) atoms. The van der Waals surface area contributed by atoms with E-state index in [1.165, 1.54) is 37.8 Å². The number of rotatable bonds is 8. The first-order chi connectivity index (χ1) is 24.8. The van der Waals surface area contributed by atoms with Gasteiger partial charge in [-0.25, -0.2) is 13.8 Å². The lowest BCUT2D eigenvalue weighted by Crippen LogP contribution is -2.52. The van der Waals surface area contributed by atoms with E-state index >= 15 is 8.78 Å². The second kappa shape index (κ2) is 12.7. The SMILES string of the molecule is C#Cc1c(F)ccc2cc(O)cc(-c3nc(OC)c4c(N5CCC[C@@](C)(O)C5)nc(OC[C@]56CCC[C@H]5N(C[C@H]5CC5(C)C)CCC6)nc4c3F)c12. The third-order valence-corrected chi connectivity index (χ3v) is 12.4. The summed E-state index contributed by atoms with van der Waals surface area (Å²) < 4.78 is 44.6. The van der Waals surface area contributed by atoms with Crippen LogP contribution >= 0.6 is 0 Å². The third-order valence-electron chi connectivity index (χ3n) is 12.4. The molecule has 0 unspecified atom stereocenters. The Morgan fingerprint density at radius 2 is 1.79 bits per heavy atom. The van der Waals surface area contributed by atoms with Gasteiger partial charge in [0.25, 0.3) is 0 Å². The molecule has 274 valence electrons. The molecule has 4 fully saturated rings. The number of pyridine rings is 1. The van der Waals surface area contributed by atoms with Gasteiger partial charge >= 0.3 is 6.01 Å². The molecule has 2 saturated heterocycles. The van der Waals surface area contributed by atoms with Crippen molar-refractivity contribution >= 4 is 27.5 Å². The number of fused-ring (bicyclic) bond motifs is 3. The molecule has 2 aliphatic carbocycles. The highest BCUT2D eigenvalue weighted by molar-refractivity contribution is 6.04. The van der Waals surface area contributed by atoms with Crippen LogP contribution in [0, 0.1) is 40.7 Å². The van der Waals surface area contributed by atoms with E-state index in [4.69, 9.17) is 25.9 Å². The summed E-state index contributed by atoms with van der Waals surface area (Å²) in [5.41, 5.74) is -0.934. The summed E-state index contributed by atoms with van der Waals surface area (Å²) in [4.78, 5) is 18.8. The fraction of sp³-hybridized carbons (Fsp3) is 0.537. The number of aromatic nitrogens is 3. The molecule has 0 bridgehead atoms. The third kappa shape index (κ3) is 5.98. The van der Waals surface area contributed by atoms with Crippen molar-refractivity contribution in [1.82, 2.24) is 19.9 Å². The molecule has 9 nitrogen and oxygen atoms in total. The lowest BCUT2D eigenvalue weighted by Gasteiger charge is -2.46. The van der Waals surface area contributed by atoms with Crippen LogP contribution in [-0.2, 0) is 0 Å². The van der Waals surface area contributed by atoms with Gasteiger partial charge in [0.1, 0.15) is 34.0 Å². The molecule has 2 aromatic heterocycles. The number of piperidine rings is 2. The zero-order valence-electron chi connectivity index (χ0n) is 30.4. The average Bonchev–Trinajstić information content (AvgIpc) is 3.48. The van der Waals surface area contributed by atoms with Crippen molar-refractivity contribution in [2.75, 3.05) is 44.8 Å². The number of terminal acetylenes is 1. The molecule has 2 aromatic carbocycles. The van der Waals surface area contributed by atoms with Crippen LogP contribution in [0.2, 0.25) is 0 Å². The maximum atomic E-state index is 17.2. The van der Waals surface area contributed by atoms with Gasteiger partial charge in [-0.05, 0) is 93.3 Å². The van der Waals surface area contributed by atoms with Gasteiger partial charge in [-0.1, -0.05) is 32.3 Å². The van der Waals surface area contributed by atoms with Gasteiger partial charge in [-0.15, -0.1) is 6.42 Å². The van der Waals surface area contributed by atoms with Crippen molar-refractivity contribution in [3.63, 3.8) is 0 Å². The van der Waals surface area contributed by atoms with Crippen LogP contribution in [0.4, 0.5) is 14.6 Å². The number of ether oxygens (including phenoxy) is 2. The quantitative estimate of drug-likeness (QED) is 0.183. The number of phenols is 1. The minimum Gasteiger partial charge on any atom is -0.508 e. The average molecular weight is 712 g/mol. The van der Waals surface area contributed by atoms with Crippen LogP contribution in [0.15, 0.2) is 24.3 Å². The van der Waals surface area contributed by atoms with E-state index in [2.05, 4.69) is 29.7 Å². The first kappa shape index (κ1) is 34.8. The monoisotopic (exact) mass is 711 g/mol. The van der Waals surface area contributed by atoms with Crippen LogP contribution in [-0.4, -0.2) is 81.6 Å². The predicted molar refractivity (Wildman–Crippen MR) is 197 cm³/mol. The van der Waals surface area contributed by atoms with E-state index in [1.807, 2.05) is 4.90 Å². The van der Waals surface area contributed by atoms with E-state index in [-0.39, 0.29) is 62.7 Å². The van der Waals surface area contributed by atoms with Crippen molar-refractivity contribution in [1.29, 1.82) is 0 Å². The van der Waals surface area contributed by atoms with Gasteiger partial charge in [0, 0.05) is 42.0 Å². The van der Waals surface area contributed by atoms with Crippen LogP contribution < -0.4 is 14.4 Å². The maximum Gasteiger partial charge on any atom is 0.319 e. The van der Waals surface area contributed by atoms with Gasteiger partial charge in [0.15, 0.2) is 5.82 Å². The molecule has 4 atom stereocenters. The normalized spacial score (nSPS) is 27.1. The summed E-state index contributed by atoms with van der Waals surface area (Å²) in [6.07, 6.45) is 13.8. The fourth-order valence-corrected chi connectivity index (χ4v) is 9.49. The molecule has 11 heteroatoms. The van der Waals surface area contributed by atoms with Crippen molar-refractivity contribution in [3.05, 3.63) is 41.5 Å². The smallest absolute Gasteiger partial charge is 0.319 e. The number of halogens is 2. The Balaban J connectivity index is 1.25. The first-order valence-corrected chi connectivity index (χ1v) is 18.5. The minimum atomic E-state index is -0.996. The van der Waals surface area contributed by atoms with Crippen molar-refractivity contribution in [2.45, 2.75) is 83.8 Å². The number of nitrogens with zero attached hydrogens (tertiary/aromatic N) is 5. The molecule has 0 spiro atoms. The molecule has 4 heterocycles. The van der Waals surface area contributed by atoms with Crippen molar-refractivity contribution in [2.24, 2.45) is 16.7 Å². The summed E-state index contributed by atoms with van der Waals surface area (Å²) in [7, 11) is 1.42. The summed E-state index contributed by atoms with van der Waals surface area (Å²) in [6, 6.07) is 5.89. The number of hydrogen-bond donors (Lipinski definition) is 2. The zero-order chi connectivity index (χ0) is 36.6. The van der Waals surface area contributed by atoms with Crippen LogP contribution in [0.5, 0.6) is 17.6 Å². The molecule has 0 radical (unpaired) electrons. The highest BCUT2D eigenvalue weighted by Crippen LogP contribution is 2.55. The Kier molecular flexibility index (Phi) is 8.50. The first-order valence-electron chi connectivity index (χ1n) is 18.5. The van der Waals surface area contributed by atoms with E-state index in [0.717, 1.165) is 51.1 Å². The molecule has 2 aliphatic heterocycles. The van der Waals surface area contributed by atoms with Gasteiger partial charge < -0.3 is 24.6 Å². The largest absolute Gasteiger partial charge is 0.508 e. The second-order valence-electron chi connectivity index (χ2n) is 16.6. The Hall–Kier alpha value is -4.27. The number of anilines is 1. The fourth-order valence-electron chi connectivity index (χ4n) is 9.49. The number of hydrogen-bond acceptors (Lipinski definition) is 9. The lowest BCUT2D eigenvalue weighted by atomic mass is 9.75. The van der Waals surface area contributed by atoms with E-state index in [0.29, 0.717) is 48.7 Å². The van der Waals surface area contributed by atoms with E-state index in [1.54, 1.807) is 6.92 Å². The Morgan fingerprint density at radius 3 is 2.52 bits per heavy atom.